The topological polar surface area (TPSA) is 57.2 Å². The van der Waals surface area contributed by atoms with Gasteiger partial charge in [-0.3, -0.25) is 4.79 Å². The van der Waals surface area contributed by atoms with Gasteiger partial charge in [0, 0.05) is 12.1 Å². The fourth-order valence-electron chi connectivity index (χ4n) is 3.69. The van der Waals surface area contributed by atoms with Gasteiger partial charge < -0.3 is 23.8 Å². The summed E-state index contributed by atoms with van der Waals surface area (Å²) in [6.45, 7) is 1.47. The molecule has 1 aliphatic heterocycles. The molecule has 3 rings (SSSR count). The Bertz CT molecular complexity index is 919. The van der Waals surface area contributed by atoms with Crippen molar-refractivity contribution >= 4 is 5.91 Å². The predicted molar refractivity (Wildman–Crippen MR) is 107 cm³/mol. The highest BCUT2D eigenvalue weighted by Gasteiger charge is 2.30. The van der Waals surface area contributed by atoms with Crippen molar-refractivity contribution in [3.63, 3.8) is 0 Å². The summed E-state index contributed by atoms with van der Waals surface area (Å²) in [4.78, 5) is 15.0. The van der Waals surface area contributed by atoms with E-state index in [0.717, 1.165) is 11.1 Å². The molecule has 0 saturated heterocycles. The highest BCUT2D eigenvalue weighted by atomic mass is 19.3. The number of nitrogens with zero attached hydrogens (tertiary/aromatic N) is 1. The zero-order valence-electron chi connectivity index (χ0n) is 17.4. The van der Waals surface area contributed by atoms with E-state index in [-0.39, 0.29) is 30.1 Å². The zero-order chi connectivity index (χ0) is 21.8. The molecule has 0 aliphatic carbocycles. The van der Waals surface area contributed by atoms with Gasteiger partial charge in [-0.05, 0) is 61.7 Å². The molecule has 0 spiro atoms. The summed E-state index contributed by atoms with van der Waals surface area (Å²) in [5, 5.41) is 0. The number of ether oxygens (including phenoxy) is 4. The number of halogens is 2. The van der Waals surface area contributed by atoms with Crippen molar-refractivity contribution in [1.29, 1.82) is 0 Å². The fraction of sp³-hybridized carbons (Fsp3) is 0.409. The number of hydrogen-bond donors (Lipinski definition) is 0. The Morgan fingerprint density at radius 1 is 1.10 bits per heavy atom. The molecule has 1 amide bonds. The minimum absolute atomic E-state index is 0.0998. The van der Waals surface area contributed by atoms with Crippen LogP contribution in [0.3, 0.4) is 0 Å². The van der Waals surface area contributed by atoms with Crippen molar-refractivity contribution in [1.82, 2.24) is 4.90 Å². The van der Waals surface area contributed by atoms with Gasteiger partial charge in [0.15, 0.2) is 23.0 Å². The molecule has 0 N–H and O–H groups in total. The molecule has 2 aromatic rings. The lowest BCUT2D eigenvalue weighted by Gasteiger charge is -2.36. The average molecular weight is 421 g/mol. The number of rotatable bonds is 7. The maximum atomic E-state index is 13.2. The summed E-state index contributed by atoms with van der Waals surface area (Å²) in [7, 11) is 3.16. The molecule has 1 aliphatic rings. The number of fused-ring (bicyclic) bond motifs is 1. The van der Waals surface area contributed by atoms with Gasteiger partial charge in [-0.15, -0.1) is 0 Å². The second-order valence-corrected chi connectivity index (χ2v) is 6.80. The van der Waals surface area contributed by atoms with Gasteiger partial charge >= 0.3 is 6.61 Å². The van der Waals surface area contributed by atoms with Crippen LogP contribution in [0.15, 0.2) is 30.3 Å². The van der Waals surface area contributed by atoms with Crippen molar-refractivity contribution in [2.75, 3.05) is 27.4 Å². The molecule has 2 aromatic carbocycles. The van der Waals surface area contributed by atoms with Crippen LogP contribution < -0.4 is 18.9 Å². The quantitative estimate of drug-likeness (QED) is 0.661. The molecule has 0 unspecified atom stereocenters. The van der Waals surface area contributed by atoms with E-state index < -0.39 is 6.61 Å². The summed E-state index contributed by atoms with van der Waals surface area (Å²) >= 11 is 0. The summed E-state index contributed by atoms with van der Waals surface area (Å²) in [5.74, 6) is 1.05. The average Bonchev–Trinajstić information content (AvgIpc) is 2.73. The van der Waals surface area contributed by atoms with Gasteiger partial charge in [0.05, 0.1) is 26.9 Å². The third-order valence-corrected chi connectivity index (χ3v) is 5.15. The number of hydrogen-bond acceptors (Lipinski definition) is 5. The van der Waals surface area contributed by atoms with Gasteiger partial charge in [-0.25, -0.2) is 0 Å². The summed E-state index contributed by atoms with van der Waals surface area (Å²) in [6, 6.07) is 7.88. The van der Waals surface area contributed by atoms with E-state index in [4.69, 9.17) is 14.2 Å². The highest BCUT2D eigenvalue weighted by molar-refractivity contribution is 5.95. The minimum Gasteiger partial charge on any atom is -0.493 e. The lowest BCUT2D eigenvalue weighted by atomic mass is 9.92. The summed E-state index contributed by atoms with van der Waals surface area (Å²) in [6.07, 6.45) is 0.663. The van der Waals surface area contributed by atoms with Gasteiger partial charge in [0.2, 0.25) is 0 Å². The fourth-order valence-corrected chi connectivity index (χ4v) is 3.69. The molecule has 0 aromatic heterocycles. The molecule has 8 heteroatoms. The SMILES string of the molecule is CCOc1cc(C(=O)N2CCc3cc(OC)c(OC)cc3[C@H]2C)ccc1OC(F)F. The van der Waals surface area contributed by atoms with E-state index in [0.29, 0.717) is 30.0 Å². The van der Waals surface area contributed by atoms with Gasteiger partial charge in [-0.2, -0.15) is 8.78 Å². The number of benzene rings is 2. The van der Waals surface area contributed by atoms with Crippen LogP contribution in [0.5, 0.6) is 23.0 Å². The first-order valence-electron chi connectivity index (χ1n) is 9.67. The lowest BCUT2D eigenvalue weighted by molar-refractivity contribution is -0.0514. The molecule has 0 fully saturated rings. The van der Waals surface area contributed by atoms with Crippen LogP contribution in [0.25, 0.3) is 0 Å². The Morgan fingerprint density at radius 2 is 1.80 bits per heavy atom. The number of carbonyl (C=O) groups is 1. The zero-order valence-corrected chi connectivity index (χ0v) is 17.4. The minimum atomic E-state index is -2.98. The molecule has 0 bridgehead atoms. The van der Waals surface area contributed by atoms with Crippen LogP contribution in [0.2, 0.25) is 0 Å². The maximum Gasteiger partial charge on any atom is 0.387 e. The molecule has 0 radical (unpaired) electrons. The van der Waals surface area contributed by atoms with E-state index in [2.05, 4.69) is 4.74 Å². The Labute approximate surface area is 174 Å². The molecule has 1 atom stereocenters. The molecular formula is C22H25F2NO5. The molecule has 1 heterocycles. The van der Waals surface area contributed by atoms with Gasteiger partial charge in [0.1, 0.15) is 0 Å². The molecule has 30 heavy (non-hydrogen) atoms. The van der Waals surface area contributed by atoms with E-state index in [1.165, 1.54) is 18.2 Å². The van der Waals surface area contributed by atoms with Crippen LogP contribution in [0.1, 0.15) is 41.4 Å². The molecule has 6 nitrogen and oxygen atoms in total. The van der Waals surface area contributed by atoms with Crippen LogP contribution in [0.4, 0.5) is 8.78 Å². The van der Waals surface area contributed by atoms with Gasteiger partial charge in [-0.1, -0.05) is 0 Å². The standard InChI is InChI=1S/C22H25F2NO5/c1-5-29-20-11-15(6-7-17(20)30-22(23)24)21(26)25-9-8-14-10-18(27-3)19(28-4)12-16(14)13(25)2/h6-7,10-13,22H,5,8-9H2,1-4H3/t13-/m1/s1. The molecule has 162 valence electrons. The summed E-state index contributed by atoms with van der Waals surface area (Å²) in [5.41, 5.74) is 2.42. The number of methoxy groups -OCH3 is 2. The Hall–Kier alpha value is -3.03. The Balaban J connectivity index is 1.90. The Morgan fingerprint density at radius 3 is 2.43 bits per heavy atom. The predicted octanol–water partition coefficient (Wildman–Crippen LogP) is 4.46. The lowest BCUT2D eigenvalue weighted by Crippen LogP contribution is -2.38. The van der Waals surface area contributed by atoms with E-state index >= 15 is 0 Å². The van der Waals surface area contributed by atoms with Gasteiger partial charge in [0.25, 0.3) is 5.91 Å². The number of amides is 1. The van der Waals surface area contributed by atoms with Crippen LogP contribution >= 0.6 is 0 Å². The Kier molecular flexibility index (Phi) is 6.64. The number of carbonyl (C=O) groups excluding carboxylic acids is 1. The van der Waals surface area contributed by atoms with Crippen molar-refractivity contribution in [2.24, 2.45) is 0 Å². The van der Waals surface area contributed by atoms with Crippen molar-refractivity contribution in [3.8, 4) is 23.0 Å². The first kappa shape index (κ1) is 21.7. The summed E-state index contributed by atoms with van der Waals surface area (Å²) < 4.78 is 45.9. The van der Waals surface area contributed by atoms with Crippen LogP contribution in [-0.4, -0.2) is 44.8 Å². The highest BCUT2D eigenvalue weighted by Crippen LogP contribution is 2.39. The third kappa shape index (κ3) is 4.27. The van der Waals surface area contributed by atoms with E-state index in [1.54, 1.807) is 26.0 Å². The number of alkyl halides is 2. The van der Waals surface area contributed by atoms with Crippen molar-refractivity contribution in [3.05, 3.63) is 47.0 Å². The maximum absolute atomic E-state index is 13.2. The van der Waals surface area contributed by atoms with E-state index in [9.17, 15) is 13.6 Å². The van der Waals surface area contributed by atoms with Crippen LogP contribution in [0, 0.1) is 0 Å². The second-order valence-electron chi connectivity index (χ2n) is 6.80. The van der Waals surface area contributed by atoms with Crippen molar-refractivity contribution in [2.45, 2.75) is 32.9 Å². The first-order valence-corrected chi connectivity index (χ1v) is 9.67. The molecular weight excluding hydrogens is 396 g/mol. The van der Waals surface area contributed by atoms with Crippen molar-refractivity contribution < 1.29 is 32.5 Å². The first-order chi connectivity index (χ1) is 14.4. The monoisotopic (exact) mass is 421 g/mol. The second kappa shape index (κ2) is 9.19. The van der Waals surface area contributed by atoms with E-state index in [1.807, 2.05) is 19.1 Å². The smallest absolute Gasteiger partial charge is 0.387 e. The normalized spacial score (nSPS) is 15.6. The van der Waals surface area contributed by atoms with Crippen LogP contribution in [-0.2, 0) is 6.42 Å². The molecule has 0 saturated carbocycles. The largest absolute Gasteiger partial charge is 0.493 e. The third-order valence-electron chi connectivity index (χ3n) is 5.15.